The van der Waals surface area contributed by atoms with Crippen molar-refractivity contribution in [1.82, 2.24) is 5.32 Å². The van der Waals surface area contributed by atoms with Crippen LogP contribution in [0, 0.1) is 0 Å². The zero-order valence-corrected chi connectivity index (χ0v) is 16.2. The average Bonchev–Trinajstić information content (AvgIpc) is 2.62. The summed E-state index contributed by atoms with van der Waals surface area (Å²) in [6.45, 7) is 5.33. The van der Waals surface area contributed by atoms with E-state index in [9.17, 15) is 9.59 Å². The van der Waals surface area contributed by atoms with Gasteiger partial charge in [-0.25, -0.2) is 4.79 Å². The Bertz CT molecular complexity index is 1030. The molecule has 0 saturated heterocycles. The van der Waals surface area contributed by atoms with Gasteiger partial charge in [0.25, 0.3) is 0 Å². The summed E-state index contributed by atoms with van der Waals surface area (Å²) in [6.07, 6.45) is 0. The molecule has 0 radical (unpaired) electrons. The molecule has 3 rings (SSSR count). The minimum absolute atomic E-state index is 0.152. The summed E-state index contributed by atoms with van der Waals surface area (Å²) in [7, 11) is 0. The lowest BCUT2D eigenvalue weighted by Gasteiger charge is -2.27. The number of carbonyl (C=O) groups excluding carboxylic acids is 2. The smallest absolute Gasteiger partial charge is 0.319 e. The lowest BCUT2D eigenvalue weighted by atomic mass is 9.92. The van der Waals surface area contributed by atoms with E-state index in [-0.39, 0.29) is 11.8 Å². The van der Waals surface area contributed by atoms with Crippen LogP contribution in [0.25, 0.3) is 10.8 Å². The number of Topliss-reactive ketones (excluding diaryl/α,β-unsaturated/α-hetero) is 1. The third-order valence-electron chi connectivity index (χ3n) is 4.50. The van der Waals surface area contributed by atoms with Crippen LogP contribution in [-0.2, 0) is 5.54 Å². The lowest BCUT2D eigenvalue weighted by Crippen LogP contribution is -2.43. The Morgan fingerprint density at radius 2 is 1.63 bits per heavy atom. The Kier molecular flexibility index (Phi) is 5.19. The molecule has 0 bridgehead atoms. The number of halogens is 1. The highest BCUT2D eigenvalue weighted by atomic mass is 35.5. The van der Waals surface area contributed by atoms with E-state index < -0.39 is 5.54 Å². The summed E-state index contributed by atoms with van der Waals surface area (Å²) >= 11 is 6.01. The van der Waals surface area contributed by atoms with E-state index in [1.165, 1.54) is 6.92 Å². The van der Waals surface area contributed by atoms with Gasteiger partial charge in [0.2, 0.25) is 0 Å². The van der Waals surface area contributed by atoms with Gasteiger partial charge < -0.3 is 10.6 Å². The Morgan fingerprint density at radius 3 is 2.33 bits per heavy atom. The number of rotatable bonds is 4. The zero-order valence-electron chi connectivity index (χ0n) is 15.5. The molecule has 27 heavy (non-hydrogen) atoms. The van der Waals surface area contributed by atoms with Gasteiger partial charge in [0.15, 0.2) is 5.78 Å². The van der Waals surface area contributed by atoms with E-state index in [4.69, 9.17) is 11.6 Å². The van der Waals surface area contributed by atoms with Crippen molar-refractivity contribution in [2.45, 2.75) is 26.3 Å². The normalized spacial score (nSPS) is 11.3. The SMILES string of the molecule is CC(=O)c1cc(NC(=O)NC(C)(C)c2ccc3ccccc3c2)ccc1Cl. The van der Waals surface area contributed by atoms with E-state index in [1.807, 2.05) is 44.2 Å². The highest BCUT2D eigenvalue weighted by Gasteiger charge is 2.23. The van der Waals surface area contributed by atoms with Gasteiger partial charge in [0.1, 0.15) is 0 Å². The summed E-state index contributed by atoms with van der Waals surface area (Å²) < 4.78 is 0. The summed E-state index contributed by atoms with van der Waals surface area (Å²) in [5, 5.41) is 8.39. The number of hydrogen-bond acceptors (Lipinski definition) is 2. The summed E-state index contributed by atoms with van der Waals surface area (Å²) in [4.78, 5) is 24.1. The maximum atomic E-state index is 12.5. The van der Waals surface area contributed by atoms with E-state index in [1.54, 1.807) is 18.2 Å². The fourth-order valence-corrected chi connectivity index (χ4v) is 3.22. The van der Waals surface area contributed by atoms with Crippen molar-refractivity contribution in [1.29, 1.82) is 0 Å². The van der Waals surface area contributed by atoms with Crippen LogP contribution in [-0.4, -0.2) is 11.8 Å². The second-order valence-electron chi connectivity index (χ2n) is 7.02. The van der Waals surface area contributed by atoms with Crippen molar-refractivity contribution in [3.8, 4) is 0 Å². The maximum absolute atomic E-state index is 12.5. The van der Waals surface area contributed by atoms with Crippen molar-refractivity contribution in [3.05, 3.63) is 76.8 Å². The number of carbonyl (C=O) groups is 2. The van der Waals surface area contributed by atoms with Gasteiger partial charge in [-0.1, -0.05) is 48.0 Å². The first-order valence-corrected chi connectivity index (χ1v) is 9.03. The third-order valence-corrected chi connectivity index (χ3v) is 4.83. The molecule has 2 N–H and O–H groups in total. The topological polar surface area (TPSA) is 58.2 Å². The second kappa shape index (κ2) is 7.41. The molecule has 5 heteroatoms. The molecule has 0 saturated carbocycles. The molecule has 2 amide bonds. The van der Waals surface area contributed by atoms with Crippen LogP contribution in [0.4, 0.5) is 10.5 Å². The number of fused-ring (bicyclic) bond motifs is 1. The molecule has 0 aliphatic heterocycles. The number of ketones is 1. The minimum Gasteiger partial charge on any atom is -0.329 e. The van der Waals surface area contributed by atoms with Crippen LogP contribution in [0.1, 0.15) is 36.7 Å². The molecular formula is C22H21ClN2O2. The highest BCUT2D eigenvalue weighted by Crippen LogP contribution is 2.25. The fourth-order valence-electron chi connectivity index (χ4n) is 2.97. The first-order chi connectivity index (χ1) is 12.8. The van der Waals surface area contributed by atoms with Crippen LogP contribution < -0.4 is 10.6 Å². The predicted octanol–water partition coefficient (Wildman–Crippen LogP) is 5.75. The molecule has 0 atom stereocenters. The van der Waals surface area contributed by atoms with Crippen molar-refractivity contribution in [2.75, 3.05) is 5.32 Å². The largest absolute Gasteiger partial charge is 0.329 e. The lowest BCUT2D eigenvalue weighted by molar-refractivity contribution is 0.101. The number of nitrogens with one attached hydrogen (secondary N) is 2. The van der Waals surface area contributed by atoms with Crippen molar-refractivity contribution >= 4 is 39.9 Å². The Hall–Kier alpha value is -2.85. The molecule has 3 aromatic carbocycles. The van der Waals surface area contributed by atoms with E-state index in [2.05, 4.69) is 22.8 Å². The van der Waals surface area contributed by atoms with E-state index in [0.29, 0.717) is 16.3 Å². The fraction of sp³-hybridized carbons (Fsp3) is 0.182. The number of anilines is 1. The molecule has 0 spiro atoms. The van der Waals surface area contributed by atoms with Crippen LogP contribution in [0.15, 0.2) is 60.7 Å². The Balaban J connectivity index is 1.77. The quantitative estimate of drug-likeness (QED) is 0.566. The van der Waals surface area contributed by atoms with Gasteiger partial charge in [-0.05, 0) is 61.4 Å². The van der Waals surface area contributed by atoms with Gasteiger partial charge in [-0.2, -0.15) is 0 Å². The Morgan fingerprint density at radius 1 is 0.926 bits per heavy atom. The van der Waals surface area contributed by atoms with Gasteiger partial charge in [-0.15, -0.1) is 0 Å². The number of urea groups is 1. The predicted molar refractivity (Wildman–Crippen MR) is 111 cm³/mol. The maximum Gasteiger partial charge on any atom is 0.319 e. The van der Waals surface area contributed by atoms with Crippen molar-refractivity contribution in [3.63, 3.8) is 0 Å². The van der Waals surface area contributed by atoms with Crippen LogP contribution in [0.2, 0.25) is 5.02 Å². The monoisotopic (exact) mass is 380 g/mol. The van der Waals surface area contributed by atoms with Crippen molar-refractivity contribution < 1.29 is 9.59 Å². The Labute approximate surface area is 163 Å². The molecule has 0 fully saturated rings. The summed E-state index contributed by atoms with van der Waals surface area (Å²) in [5.74, 6) is -0.152. The molecule has 0 heterocycles. The van der Waals surface area contributed by atoms with Crippen LogP contribution >= 0.6 is 11.6 Å². The first kappa shape index (κ1) is 18.9. The average molecular weight is 381 g/mol. The number of hydrogen-bond donors (Lipinski definition) is 2. The van der Waals surface area contributed by atoms with E-state index in [0.717, 1.165) is 16.3 Å². The molecule has 0 aliphatic carbocycles. The second-order valence-corrected chi connectivity index (χ2v) is 7.42. The van der Waals surface area contributed by atoms with Crippen LogP contribution in [0.5, 0.6) is 0 Å². The van der Waals surface area contributed by atoms with Gasteiger partial charge >= 0.3 is 6.03 Å². The van der Waals surface area contributed by atoms with Gasteiger partial charge in [0.05, 0.1) is 10.6 Å². The molecule has 0 aromatic heterocycles. The molecule has 138 valence electrons. The number of amides is 2. The number of benzene rings is 3. The molecule has 3 aromatic rings. The van der Waals surface area contributed by atoms with Gasteiger partial charge in [0, 0.05) is 11.3 Å². The standard InChI is InChI=1S/C22H21ClN2O2/c1-14(26)19-13-18(10-11-20(19)23)24-21(27)25-22(2,3)17-9-8-15-6-4-5-7-16(15)12-17/h4-13H,1-3H3,(H2,24,25,27). The van der Waals surface area contributed by atoms with Crippen LogP contribution in [0.3, 0.4) is 0 Å². The van der Waals surface area contributed by atoms with Gasteiger partial charge in [-0.3, -0.25) is 4.79 Å². The first-order valence-electron chi connectivity index (χ1n) is 8.65. The molecule has 0 aliphatic rings. The highest BCUT2D eigenvalue weighted by molar-refractivity contribution is 6.34. The molecule has 0 unspecified atom stereocenters. The minimum atomic E-state index is -0.579. The zero-order chi connectivity index (χ0) is 19.6. The summed E-state index contributed by atoms with van der Waals surface area (Å²) in [5.41, 5.74) is 1.31. The third kappa shape index (κ3) is 4.29. The molecule has 4 nitrogen and oxygen atoms in total. The summed E-state index contributed by atoms with van der Waals surface area (Å²) in [6, 6.07) is 18.7. The van der Waals surface area contributed by atoms with Crippen molar-refractivity contribution in [2.24, 2.45) is 0 Å². The van der Waals surface area contributed by atoms with E-state index >= 15 is 0 Å². The molecular weight excluding hydrogens is 360 g/mol.